The maximum atomic E-state index is 15.6. The fourth-order valence-corrected chi connectivity index (χ4v) is 10.3. The Kier molecular flexibility index (Phi) is 12.3. The lowest BCUT2D eigenvalue weighted by molar-refractivity contribution is -0.350. The molecule has 0 unspecified atom stereocenters. The molecule has 7 rings (SSSR count). The highest BCUT2D eigenvalue weighted by Crippen LogP contribution is 2.64. The van der Waals surface area contributed by atoms with Gasteiger partial charge >= 0.3 is 23.9 Å². The smallest absolute Gasteiger partial charge is 0.338 e. The Labute approximate surface area is 363 Å². The van der Waals surface area contributed by atoms with Crippen LogP contribution in [0.25, 0.3) is 0 Å². The molecule has 3 aromatic carbocycles. The molecule has 334 valence electrons. The van der Waals surface area contributed by atoms with E-state index in [1.807, 2.05) is 0 Å². The molecule has 1 aliphatic heterocycles. The lowest BCUT2D eigenvalue weighted by Gasteiger charge is -2.67. The second kappa shape index (κ2) is 17.1. The number of aliphatic hydroxyl groups is 4. The first-order valence-corrected chi connectivity index (χ1v) is 20.6. The number of Topliss-reactive ketones (excluding diaryl/α,β-unsaturated/α-hetero) is 1. The van der Waals surface area contributed by atoms with Crippen molar-refractivity contribution in [3.05, 3.63) is 119 Å². The van der Waals surface area contributed by atoms with Gasteiger partial charge in [0, 0.05) is 37.7 Å². The summed E-state index contributed by atoms with van der Waals surface area (Å²) in [5.41, 5.74) is -8.05. The zero-order chi connectivity index (χ0) is 45.6. The average Bonchev–Trinajstić information content (AvgIpc) is 3.25. The molecule has 5 N–H and O–H groups in total. The van der Waals surface area contributed by atoms with Crippen molar-refractivity contribution in [1.82, 2.24) is 5.32 Å². The van der Waals surface area contributed by atoms with Crippen LogP contribution in [0.4, 0.5) is 0 Å². The van der Waals surface area contributed by atoms with Crippen LogP contribution < -0.4 is 5.32 Å². The maximum absolute atomic E-state index is 15.6. The van der Waals surface area contributed by atoms with E-state index in [0.29, 0.717) is 5.56 Å². The maximum Gasteiger partial charge on any atom is 0.338 e. The number of hydrogen-bond donors (Lipinski definition) is 5. The van der Waals surface area contributed by atoms with Crippen LogP contribution in [0.5, 0.6) is 0 Å². The van der Waals surface area contributed by atoms with Crippen LogP contribution in [0.3, 0.4) is 0 Å². The van der Waals surface area contributed by atoms with E-state index in [4.69, 9.17) is 23.7 Å². The van der Waals surface area contributed by atoms with E-state index in [-0.39, 0.29) is 28.7 Å². The minimum absolute atomic E-state index is 0.0114. The van der Waals surface area contributed by atoms with Gasteiger partial charge in [-0.1, -0.05) is 80.6 Å². The lowest BCUT2D eigenvalue weighted by atomic mass is 9.44. The first-order valence-electron chi connectivity index (χ1n) is 20.6. The van der Waals surface area contributed by atoms with Gasteiger partial charge in [-0.25, -0.2) is 9.59 Å². The van der Waals surface area contributed by atoms with Crippen LogP contribution >= 0.6 is 0 Å². The zero-order valence-electron chi connectivity index (χ0n) is 35.4. The summed E-state index contributed by atoms with van der Waals surface area (Å²) in [5, 5.41) is 51.8. The molecule has 1 saturated heterocycles. The van der Waals surface area contributed by atoms with Crippen molar-refractivity contribution in [2.45, 2.75) is 101 Å². The number of nitrogens with one attached hydrogen (secondary N) is 1. The molecule has 16 nitrogen and oxygen atoms in total. The number of aliphatic hydroxyl groups excluding tert-OH is 3. The number of esters is 4. The van der Waals surface area contributed by atoms with Gasteiger partial charge in [-0.2, -0.15) is 0 Å². The van der Waals surface area contributed by atoms with Gasteiger partial charge < -0.3 is 49.4 Å². The van der Waals surface area contributed by atoms with Crippen LogP contribution in [0.15, 0.2) is 102 Å². The normalized spacial score (nSPS) is 31.5. The van der Waals surface area contributed by atoms with Crippen LogP contribution in [-0.2, 0) is 42.9 Å². The Hall–Kier alpha value is -5.78. The number of ether oxygens (including phenoxy) is 5. The molecule has 3 aliphatic carbocycles. The zero-order valence-corrected chi connectivity index (χ0v) is 35.4. The number of ketones is 1. The SMILES string of the molecule is CC(=O)O[C@H]1C(=O)[C@@]2(CO)[C@H]([C@H](OC(=O)c3ccccc3)[C@]3(O)C[C@H](OC(=O)[C@H](O)[C@@H](NC(=O)c4ccccc4)c4ccccc4)C(C)=C1C3(C)C)[C@]1(OC(C)=O)CO[C@@H]1C[C@@H]2O. The monoisotopic (exact) mass is 869 g/mol. The number of benzene rings is 3. The molecule has 3 aromatic rings. The van der Waals surface area contributed by atoms with Gasteiger partial charge in [0.15, 0.2) is 23.6 Å². The summed E-state index contributed by atoms with van der Waals surface area (Å²) in [5.74, 6) is -7.57. The topological polar surface area (TPSA) is 242 Å². The summed E-state index contributed by atoms with van der Waals surface area (Å²) < 4.78 is 30.1. The van der Waals surface area contributed by atoms with Crippen molar-refractivity contribution in [3.8, 4) is 0 Å². The van der Waals surface area contributed by atoms with Gasteiger partial charge in [0.1, 0.15) is 23.9 Å². The highest BCUT2D eigenvalue weighted by Gasteiger charge is 2.79. The molecule has 1 heterocycles. The molecular formula is C47H51NO15. The Morgan fingerprint density at radius 1 is 0.857 bits per heavy atom. The molecule has 2 bridgehead atoms. The van der Waals surface area contributed by atoms with E-state index in [2.05, 4.69) is 5.32 Å². The van der Waals surface area contributed by atoms with Crippen molar-refractivity contribution < 1.29 is 72.9 Å². The van der Waals surface area contributed by atoms with Crippen molar-refractivity contribution in [2.75, 3.05) is 13.2 Å². The molecule has 4 aliphatic rings. The quantitative estimate of drug-likeness (QED) is 0.106. The number of amides is 1. The van der Waals surface area contributed by atoms with Crippen molar-refractivity contribution in [2.24, 2.45) is 16.7 Å². The Bertz CT molecular complexity index is 2300. The number of fused-ring (bicyclic) bond motifs is 5. The molecule has 0 radical (unpaired) electrons. The molecular weight excluding hydrogens is 819 g/mol. The molecule has 16 heteroatoms. The summed E-state index contributed by atoms with van der Waals surface area (Å²) in [4.78, 5) is 83.6. The van der Waals surface area contributed by atoms with Crippen molar-refractivity contribution in [1.29, 1.82) is 0 Å². The first-order chi connectivity index (χ1) is 29.8. The van der Waals surface area contributed by atoms with E-state index >= 15 is 4.79 Å². The third-order valence-electron chi connectivity index (χ3n) is 13.5. The number of hydrogen-bond acceptors (Lipinski definition) is 15. The predicted molar refractivity (Wildman–Crippen MR) is 219 cm³/mol. The third kappa shape index (κ3) is 7.52. The molecule has 0 spiro atoms. The second-order valence-corrected chi connectivity index (χ2v) is 17.3. The summed E-state index contributed by atoms with van der Waals surface area (Å²) in [6.07, 6.45) is -11.5. The third-order valence-corrected chi connectivity index (χ3v) is 13.5. The molecule has 1 amide bonds. The fourth-order valence-electron chi connectivity index (χ4n) is 10.3. The average molecular weight is 870 g/mol. The van der Waals surface area contributed by atoms with Gasteiger partial charge in [-0.05, 0) is 47.9 Å². The van der Waals surface area contributed by atoms with Crippen LogP contribution in [0, 0.1) is 16.7 Å². The summed E-state index contributed by atoms with van der Waals surface area (Å²) in [6, 6.07) is 22.6. The van der Waals surface area contributed by atoms with Gasteiger partial charge in [0.25, 0.3) is 5.91 Å². The van der Waals surface area contributed by atoms with Gasteiger partial charge in [0.2, 0.25) is 0 Å². The molecule has 0 aromatic heterocycles. The van der Waals surface area contributed by atoms with E-state index in [9.17, 15) is 44.4 Å². The van der Waals surface area contributed by atoms with E-state index in [1.54, 1.807) is 78.9 Å². The molecule has 3 fully saturated rings. The Morgan fingerprint density at radius 3 is 1.98 bits per heavy atom. The molecule has 11 atom stereocenters. The first kappa shape index (κ1) is 45.3. The highest BCUT2D eigenvalue weighted by atomic mass is 16.6. The van der Waals surface area contributed by atoms with E-state index in [1.165, 1.54) is 32.9 Å². The van der Waals surface area contributed by atoms with Gasteiger partial charge in [-0.15, -0.1) is 0 Å². The van der Waals surface area contributed by atoms with Crippen LogP contribution in [0.1, 0.15) is 79.8 Å². The Morgan fingerprint density at radius 2 is 1.44 bits per heavy atom. The minimum Gasteiger partial charge on any atom is -0.456 e. The van der Waals surface area contributed by atoms with Gasteiger partial charge in [-0.3, -0.25) is 19.2 Å². The number of rotatable bonds is 11. The fraction of sp³-hybridized carbons (Fsp3) is 0.447. The summed E-state index contributed by atoms with van der Waals surface area (Å²) in [6.45, 7) is 5.05. The second-order valence-electron chi connectivity index (χ2n) is 17.3. The van der Waals surface area contributed by atoms with E-state index in [0.717, 1.165) is 13.8 Å². The van der Waals surface area contributed by atoms with Crippen LogP contribution in [0.2, 0.25) is 0 Å². The largest absolute Gasteiger partial charge is 0.456 e. The Balaban J connectivity index is 1.40. The predicted octanol–water partition coefficient (Wildman–Crippen LogP) is 2.71. The minimum atomic E-state index is -2.50. The van der Waals surface area contributed by atoms with Crippen molar-refractivity contribution in [3.63, 3.8) is 0 Å². The number of carbonyl (C=O) groups is 6. The van der Waals surface area contributed by atoms with Crippen LogP contribution in [-0.4, -0.2) is 117 Å². The molecule has 63 heavy (non-hydrogen) atoms. The summed E-state index contributed by atoms with van der Waals surface area (Å²) >= 11 is 0. The van der Waals surface area contributed by atoms with Gasteiger partial charge in [0.05, 0.1) is 42.3 Å². The van der Waals surface area contributed by atoms with E-state index < -0.39 is 126 Å². The van der Waals surface area contributed by atoms with Crippen molar-refractivity contribution >= 4 is 35.6 Å². The molecule has 2 saturated carbocycles. The lowest BCUT2D eigenvalue weighted by Crippen LogP contribution is -2.83. The standard InChI is InChI=1S/C47H51NO15/c1-25-31(61-43(57)36(53)35(28-15-9-6-10-16-28)48-41(55)29-17-11-7-12-18-29)22-47(58)40(62-42(56)30-19-13-8-14-20-30)38-45(23-49,32(52)21-33-46(38,24-59-33)63-27(3)51)39(54)37(60-26(2)50)34(25)44(47,4)5/h6-20,31-33,35-38,40,49,52-53,58H,21-24H2,1-5H3,(H,48,55)/t31-,32-,33+,35-,36+,37+,38-,40-,45+,46-,47+/m0/s1. The highest BCUT2D eigenvalue weighted by molar-refractivity contribution is 5.96. The summed E-state index contributed by atoms with van der Waals surface area (Å²) in [7, 11) is 0. The number of carbonyl (C=O) groups excluding carboxylic acids is 6.